The number of amides is 2. The van der Waals surface area contributed by atoms with Crippen molar-refractivity contribution in [3.63, 3.8) is 0 Å². The summed E-state index contributed by atoms with van der Waals surface area (Å²) in [5.41, 5.74) is 4.65. The predicted molar refractivity (Wildman–Crippen MR) is 133 cm³/mol. The topological polar surface area (TPSA) is 105 Å². The number of hydrogen-bond donors (Lipinski definition) is 3. The van der Waals surface area contributed by atoms with Crippen LogP contribution in [0.2, 0.25) is 0 Å². The molecule has 2 aliphatic carbocycles. The molecule has 7 heteroatoms. The lowest BCUT2D eigenvalue weighted by Gasteiger charge is -2.22. The summed E-state index contributed by atoms with van der Waals surface area (Å²) in [6, 6.07) is 15.3. The van der Waals surface area contributed by atoms with Gasteiger partial charge in [-0.15, -0.1) is 6.58 Å². The van der Waals surface area contributed by atoms with Crippen LogP contribution in [0, 0.1) is 5.92 Å². The van der Waals surface area contributed by atoms with E-state index in [0.717, 1.165) is 30.4 Å². The number of allylic oxidation sites excluding steroid dienone is 1. The molecule has 1 fully saturated rings. The summed E-state index contributed by atoms with van der Waals surface area (Å²) in [7, 11) is 0. The van der Waals surface area contributed by atoms with Gasteiger partial charge in [-0.1, -0.05) is 61.0 Å². The Labute approximate surface area is 205 Å². The first-order chi connectivity index (χ1) is 17.0. The van der Waals surface area contributed by atoms with E-state index in [1.54, 1.807) is 6.08 Å². The number of nitrogens with one attached hydrogen (secondary N) is 2. The molecule has 4 rings (SSSR count). The number of aliphatic carboxylic acids is 1. The molecule has 0 heterocycles. The number of fused-ring (bicyclic) bond motifs is 3. The first-order valence-corrected chi connectivity index (χ1v) is 12.2. The Kier molecular flexibility index (Phi) is 7.85. The summed E-state index contributed by atoms with van der Waals surface area (Å²) in [5.74, 6) is -1.43. The van der Waals surface area contributed by atoms with Gasteiger partial charge in [0.15, 0.2) is 0 Å². The Balaban J connectivity index is 1.31. The average Bonchev–Trinajstić information content (AvgIpc) is 3.42. The van der Waals surface area contributed by atoms with Crippen LogP contribution in [0.5, 0.6) is 0 Å². The predicted octanol–water partition coefficient (Wildman–Crippen LogP) is 4.62. The number of carboxylic acids is 1. The number of hydrogen-bond acceptors (Lipinski definition) is 4. The fourth-order valence-corrected chi connectivity index (χ4v) is 5.30. The summed E-state index contributed by atoms with van der Waals surface area (Å²) in [5, 5.41) is 14.9. The highest BCUT2D eigenvalue weighted by molar-refractivity contribution is 5.83. The first kappa shape index (κ1) is 24.5. The standard InChI is InChI=1S/C28H32N2O5/c1-2-3-14-25(27(32)33)29-26(31)16-18-9-8-15-24(18)30-28(34)35-17-23-21-12-6-4-10-19(21)20-11-5-7-13-22(20)23/h2,4-7,10-13,18,23-25H,1,3,8-9,14-17H2,(H,29,31)(H,30,34)(H,32,33)/t18-,24+,25?/m0/s1. The molecule has 2 aliphatic rings. The van der Waals surface area contributed by atoms with Crippen LogP contribution in [0.15, 0.2) is 61.2 Å². The molecule has 0 bridgehead atoms. The normalized spacial score (nSPS) is 19.3. The van der Waals surface area contributed by atoms with Gasteiger partial charge in [0.2, 0.25) is 5.91 Å². The zero-order valence-electron chi connectivity index (χ0n) is 19.7. The van der Waals surface area contributed by atoms with Crippen molar-refractivity contribution in [3.05, 3.63) is 72.3 Å². The maximum Gasteiger partial charge on any atom is 0.407 e. The van der Waals surface area contributed by atoms with Crippen molar-refractivity contribution >= 4 is 18.0 Å². The van der Waals surface area contributed by atoms with Crippen LogP contribution >= 0.6 is 0 Å². The minimum atomic E-state index is -1.06. The van der Waals surface area contributed by atoms with E-state index < -0.39 is 18.1 Å². The highest BCUT2D eigenvalue weighted by Crippen LogP contribution is 2.44. The molecule has 3 N–H and O–H groups in total. The van der Waals surface area contributed by atoms with E-state index in [0.29, 0.717) is 12.8 Å². The van der Waals surface area contributed by atoms with Gasteiger partial charge in [0, 0.05) is 18.4 Å². The van der Waals surface area contributed by atoms with Crippen molar-refractivity contribution in [1.82, 2.24) is 10.6 Å². The maximum absolute atomic E-state index is 12.7. The monoisotopic (exact) mass is 476 g/mol. The lowest BCUT2D eigenvalue weighted by atomic mass is 9.98. The van der Waals surface area contributed by atoms with Gasteiger partial charge in [0.25, 0.3) is 0 Å². The molecule has 0 radical (unpaired) electrons. The Morgan fingerprint density at radius 1 is 1.06 bits per heavy atom. The quantitative estimate of drug-likeness (QED) is 0.434. The zero-order chi connectivity index (χ0) is 24.8. The van der Waals surface area contributed by atoms with Crippen molar-refractivity contribution in [2.24, 2.45) is 5.92 Å². The van der Waals surface area contributed by atoms with E-state index >= 15 is 0 Å². The molecule has 3 atom stereocenters. The van der Waals surface area contributed by atoms with Crippen LogP contribution < -0.4 is 10.6 Å². The molecule has 2 aromatic rings. The van der Waals surface area contributed by atoms with Gasteiger partial charge in [-0.25, -0.2) is 9.59 Å². The van der Waals surface area contributed by atoms with Crippen molar-refractivity contribution in [2.75, 3.05) is 6.61 Å². The average molecular weight is 477 g/mol. The molecular weight excluding hydrogens is 444 g/mol. The largest absolute Gasteiger partial charge is 0.480 e. The summed E-state index contributed by atoms with van der Waals surface area (Å²) in [6.45, 7) is 3.83. The van der Waals surface area contributed by atoms with Crippen molar-refractivity contribution in [2.45, 2.75) is 56.5 Å². The number of alkyl carbamates (subject to hydrolysis) is 1. The molecule has 2 aromatic carbocycles. The van der Waals surface area contributed by atoms with Crippen LogP contribution in [-0.4, -0.2) is 41.8 Å². The highest BCUT2D eigenvalue weighted by Gasteiger charge is 2.33. The highest BCUT2D eigenvalue weighted by atomic mass is 16.5. The Morgan fingerprint density at radius 2 is 1.71 bits per heavy atom. The van der Waals surface area contributed by atoms with Gasteiger partial charge in [0.05, 0.1) is 0 Å². The van der Waals surface area contributed by atoms with Gasteiger partial charge in [-0.2, -0.15) is 0 Å². The smallest absolute Gasteiger partial charge is 0.407 e. The van der Waals surface area contributed by atoms with Crippen molar-refractivity contribution in [3.8, 4) is 11.1 Å². The lowest BCUT2D eigenvalue weighted by Crippen LogP contribution is -2.43. The van der Waals surface area contributed by atoms with E-state index in [2.05, 4.69) is 41.5 Å². The molecule has 184 valence electrons. The van der Waals surface area contributed by atoms with Crippen LogP contribution in [0.1, 0.15) is 55.6 Å². The maximum atomic E-state index is 12.7. The lowest BCUT2D eigenvalue weighted by molar-refractivity contribution is -0.142. The molecule has 1 saturated carbocycles. The number of carbonyl (C=O) groups excluding carboxylic acids is 2. The minimum absolute atomic E-state index is 0.0122. The molecule has 2 amide bonds. The SMILES string of the molecule is C=CCCC(NC(=O)C[C@@H]1CCC[C@H]1NC(=O)OCC1c2ccccc2-c2ccccc21)C(=O)O. The Morgan fingerprint density at radius 3 is 2.34 bits per heavy atom. The number of ether oxygens (including phenoxy) is 1. The van der Waals surface area contributed by atoms with E-state index in [4.69, 9.17) is 4.74 Å². The first-order valence-electron chi connectivity index (χ1n) is 12.2. The number of rotatable bonds is 10. The van der Waals surface area contributed by atoms with Gasteiger partial charge in [0.1, 0.15) is 12.6 Å². The van der Waals surface area contributed by atoms with Gasteiger partial charge < -0.3 is 20.5 Å². The van der Waals surface area contributed by atoms with Gasteiger partial charge in [-0.05, 0) is 53.9 Å². The number of carboxylic acid groups (broad SMARTS) is 1. The third-order valence-electron chi connectivity index (χ3n) is 7.05. The molecule has 7 nitrogen and oxygen atoms in total. The van der Waals surface area contributed by atoms with E-state index in [1.165, 1.54) is 11.1 Å². The molecular formula is C28H32N2O5. The van der Waals surface area contributed by atoms with Crippen LogP contribution in [-0.2, 0) is 14.3 Å². The minimum Gasteiger partial charge on any atom is -0.480 e. The third-order valence-corrected chi connectivity index (χ3v) is 7.05. The number of carbonyl (C=O) groups is 3. The Hall–Kier alpha value is -3.61. The van der Waals surface area contributed by atoms with Crippen molar-refractivity contribution < 1.29 is 24.2 Å². The fourth-order valence-electron chi connectivity index (χ4n) is 5.30. The molecule has 35 heavy (non-hydrogen) atoms. The Bertz CT molecular complexity index is 1050. The fraction of sp³-hybridized carbons (Fsp3) is 0.393. The van der Waals surface area contributed by atoms with E-state index in [1.807, 2.05) is 24.3 Å². The second-order valence-electron chi connectivity index (χ2n) is 9.30. The summed E-state index contributed by atoms with van der Waals surface area (Å²) < 4.78 is 5.66. The summed E-state index contributed by atoms with van der Waals surface area (Å²) in [4.78, 5) is 36.6. The molecule has 1 unspecified atom stereocenters. The van der Waals surface area contributed by atoms with E-state index in [-0.39, 0.29) is 36.8 Å². The van der Waals surface area contributed by atoms with Gasteiger partial charge >= 0.3 is 12.1 Å². The summed E-state index contributed by atoms with van der Waals surface area (Å²) in [6.07, 6.45) is 4.58. The zero-order valence-corrected chi connectivity index (χ0v) is 19.7. The molecule has 0 spiro atoms. The molecule has 0 saturated heterocycles. The molecule has 0 aliphatic heterocycles. The van der Waals surface area contributed by atoms with Gasteiger partial charge in [-0.3, -0.25) is 4.79 Å². The van der Waals surface area contributed by atoms with Crippen LogP contribution in [0.3, 0.4) is 0 Å². The second kappa shape index (κ2) is 11.2. The van der Waals surface area contributed by atoms with Crippen molar-refractivity contribution in [1.29, 1.82) is 0 Å². The third kappa shape index (κ3) is 5.73. The second-order valence-corrected chi connectivity index (χ2v) is 9.30. The van der Waals surface area contributed by atoms with Crippen LogP contribution in [0.25, 0.3) is 11.1 Å². The van der Waals surface area contributed by atoms with E-state index in [9.17, 15) is 19.5 Å². The number of benzene rings is 2. The molecule has 0 aromatic heterocycles. The summed E-state index contributed by atoms with van der Waals surface area (Å²) >= 11 is 0. The van der Waals surface area contributed by atoms with Crippen LogP contribution in [0.4, 0.5) is 4.79 Å².